The summed E-state index contributed by atoms with van der Waals surface area (Å²) in [5.41, 5.74) is 5.91. The standard InChI is InChI=1S/C11H12N2O2/c1-11(12,10(14)15)8-6-13-9-5-3-2-4-7(8)9/h2-6,13H,12H2,1H3,(H,14,15)/t11-/m0/s1. The van der Waals surface area contributed by atoms with Gasteiger partial charge < -0.3 is 15.8 Å². The number of carboxylic acids is 1. The predicted molar refractivity (Wildman–Crippen MR) is 57.5 cm³/mol. The third kappa shape index (κ3) is 1.39. The Balaban J connectivity index is 2.67. The average Bonchev–Trinajstić information content (AvgIpc) is 2.61. The maximum Gasteiger partial charge on any atom is 0.328 e. The first-order valence-corrected chi connectivity index (χ1v) is 4.62. The third-order valence-electron chi connectivity index (χ3n) is 2.59. The topological polar surface area (TPSA) is 79.1 Å². The van der Waals surface area contributed by atoms with Gasteiger partial charge in [0.2, 0.25) is 0 Å². The van der Waals surface area contributed by atoms with E-state index in [9.17, 15) is 4.79 Å². The maximum atomic E-state index is 11.0. The summed E-state index contributed by atoms with van der Waals surface area (Å²) >= 11 is 0. The van der Waals surface area contributed by atoms with Gasteiger partial charge in [-0.15, -0.1) is 0 Å². The molecular formula is C11H12N2O2. The number of aromatic nitrogens is 1. The Labute approximate surface area is 86.7 Å². The van der Waals surface area contributed by atoms with Gasteiger partial charge in [-0.1, -0.05) is 18.2 Å². The minimum absolute atomic E-state index is 0.602. The molecule has 0 fully saturated rings. The van der Waals surface area contributed by atoms with Crippen molar-refractivity contribution < 1.29 is 9.90 Å². The molecule has 0 saturated heterocycles. The molecule has 4 N–H and O–H groups in total. The van der Waals surface area contributed by atoms with Crippen molar-refractivity contribution >= 4 is 16.9 Å². The monoisotopic (exact) mass is 204 g/mol. The Morgan fingerprint density at radius 3 is 2.80 bits per heavy atom. The zero-order valence-corrected chi connectivity index (χ0v) is 8.32. The van der Waals surface area contributed by atoms with Crippen molar-refractivity contribution in [1.82, 2.24) is 4.98 Å². The minimum atomic E-state index is -1.36. The number of nitrogens with two attached hydrogens (primary N) is 1. The fraction of sp³-hybridized carbons (Fsp3) is 0.182. The van der Waals surface area contributed by atoms with Crippen molar-refractivity contribution in [3.05, 3.63) is 36.0 Å². The SMILES string of the molecule is C[C@@](N)(C(=O)O)c1c[nH]c2ccccc12. The molecule has 1 aromatic heterocycles. The van der Waals surface area contributed by atoms with Gasteiger partial charge in [0, 0.05) is 22.7 Å². The Kier molecular flexibility index (Phi) is 2.01. The van der Waals surface area contributed by atoms with Crippen molar-refractivity contribution in [3.63, 3.8) is 0 Å². The van der Waals surface area contributed by atoms with Crippen LogP contribution in [0.5, 0.6) is 0 Å². The highest BCUT2D eigenvalue weighted by Crippen LogP contribution is 2.26. The summed E-state index contributed by atoms with van der Waals surface area (Å²) < 4.78 is 0. The molecule has 0 aliphatic rings. The number of carboxylic acid groups (broad SMARTS) is 1. The first kappa shape index (κ1) is 9.73. The van der Waals surface area contributed by atoms with Crippen LogP contribution in [-0.2, 0) is 10.3 Å². The highest BCUT2D eigenvalue weighted by Gasteiger charge is 2.32. The van der Waals surface area contributed by atoms with E-state index >= 15 is 0 Å². The molecule has 0 aliphatic heterocycles. The molecule has 1 heterocycles. The van der Waals surface area contributed by atoms with Gasteiger partial charge in [0.15, 0.2) is 0 Å². The third-order valence-corrected chi connectivity index (χ3v) is 2.59. The van der Waals surface area contributed by atoms with Crippen LogP contribution in [0.2, 0.25) is 0 Å². The van der Waals surface area contributed by atoms with Crippen LogP contribution in [-0.4, -0.2) is 16.1 Å². The number of hydrogen-bond donors (Lipinski definition) is 3. The molecule has 0 spiro atoms. The molecule has 1 atom stereocenters. The lowest BCUT2D eigenvalue weighted by Crippen LogP contribution is -2.41. The lowest BCUT2D eigenvalue weighted by molar-refractivity contribution is -0.142. The molecule has 4 heteroatoms. The average molecular weight is 204 g/mol. The zero-order chi connectivity index (χ0) is 11.1. The van der Waals surface area contributed by atoms with Gasteiger partial charge in [-0.25, -0.2) is 4.79 Å². The summed E-state index contributed by atoms with van der Waals surface area (Å²) in [5.74, 6) is -1.03. The largest absolute Gasteiger partial charge is 0.480 e. The van der Waals surface area contributed by atoms with E-state index in [1.807, 2.05) is 24.3 Å². The molecule has 4 nitrogen and oxygen atoms in total. The molecule has 0 aliphatic carbocycles. The molecule has 2 rings (SSSR count). The molecular weight excluding hydrogens is 192 g/mol. The van der Waals surface area contributed by atoms with E-state index < -0.39 is 11.5 Å². The Morgan fingerprint density at radius 2 is 2.13 bits per heavy atom. The van der Waals surface area contributed by atoms with Gasteiger partial charge in [-0.3, -0.25) is 0 Å². The maximum absolute atomic E-state index is 11.0. The van der Waals surface area contributed by atoms with E-state index in [0.29, 0.717) is 5.56 Å². The van der Waals surface area contributed by atoms with Gasteiger partial charge in [-0.05, 0) is 13.0 Å². The van der Waals surface area contributed by atoms with Crippen LogP contribution >= 0.6 is 0 Å². The van der Waals surface area contributed by atoms with Crippen molar-refractivity contribution in [2.45, 2.75) is 12.5 Å². The van der Waals surface area contributed by atoms with Gasteiger partial charge >= 0.3 is 5.97 Å². The smallest absolute Gasteiger partial charge is 0.328 e. The van der Waals surface area contributed by atoms with E-state index in [1.54, 1.807) is 6.20 Å². The molecule has 0 bridgehead atoms. The van der Waals surface area contributed by atoms with Crippen LogP contribution in [0.3, 0.4) is 0 Å². The van der Waals surface area contributed by atoms with Gasteiger partial charge in [0.05, 0.1) is 0 Å². The first-order chi connectivity index (χ1) is 7.03. The second-order valence-corrected chi connectivity index (χ2v) is 3.76. The summed E-state index contributed by atoms with van der Waals surface area (Å²) in [6.07, 6.45) is 1.65. The number of aliphatic carboxylic acids is 1. The Morgan fingerprint density at radius 1 is 1.47 bits per heavy atom. The number of carbonyl (C=O) groups is 1. The van der Waals surface area contributed by atoms with Gasteiger partial charge in [0.25, 0.3) is 0 Å². The predicted octanol–water partition coefficient (Wildman–Crippen LogP) is 1.43. The fourth-order valence-corrected chi connectivity index (χ4v) is 1.62. The molecule has 0 unspecified atom stereocenters. The quantitative estimate of drug-likeness (QED) is 0.692. The summed E-state index contributed by atoms with van der Waals surface area (Å²) in [6.45, 7) is 1.49. The van der Waals surface area contributed by atoms with Crippen LogP contribution in [0.1, 0.15) is 12.5 Å². The fourth-order valence-electron chi connectivity index (χ4n) is 1.62. The number of aromatic amines is 1. The van der Waals surface area contributed by atoms with Gasteiger partial charge in [-0.2, -0.15) is 0 Å². The number of rotatable bonds is 2. The zero-order valence-electron chi connectivity index (χ0n) is 8.32. The van der Waals surface area contributed by atoms with E-state index in [1.165, 1.54) is 6.92 Å². The van der Waals surface area contributed by atoms with Crippen LogP contribution in [0.4, 0.5) is 0 Å². The number of hydrogen-bond acceptors (Lipinski definition) is 2. The van der Waals surface area contributed by atoms with Crippen molar-refractivity contribution in [2.75, 3.05) is 0 Å². The first-order valence-electron chi connectivity index (χ1n) is 4.62. The van der Waals surface area contributed by atoms with E-state index in [-0.39, 0.29) is 0 Å². The highest BCUT2D eigenvalue weighted by atomic mass is 16.4. The van der Waals surface area contributed by atoms with Crippen molar-refractivity contribution in [2.24, 2.45) is 5.73 Å². The van der Waals surface area contributed by atoms with E-state index in [4.69, 9.17) is 10.8 Å². The van der Waals surface area contributed by atoms with Crippen LogP contribution in [0.25, 0.3) is 10.9 Å². The molecule has 2 aromatic rings. The second kappa shape index (κ2) is 3.10. The van der Waals surface area contributed by atoms with E-state index in [2.05, 4.69) is 4.98 Å². The van der Waals surface area contributed by atoms with Gasteiger partial charge in [0.1, 0.15) is 5.54 Å². The Hall–Kier alpha value is -1.81. The molecule has 0 amide bonds. The molecule has 78 valence electrons. The summed E-state index contributed by atoms with van der Waals surface area (Å²) in [7, 11) is 0. The van der Waals surface area contributed by atoms with Crippen LogP contribution in [0.15, 0.2) is 30.5 Å². The van der Waals surface area contributed by atoms with Crippen molar-refractivity contribution in [1.29, 1.82) is 0 Å². The lowest BCUT2D eigenvalue weighted by atomic mass is 9.93. The lowest BCUT2D eigenvalue weighted by Gasteiger charge is -2.18. The number of H-pyrrole nitrogens is 1. The number of nitrogens with one attached hydrogen (secondary N) is 1. The number of benzene rings is 1. The normalized spacial score (nSPS) is 15.1. The summed E-state index contributed by atoms with van der Waals surface area (Å²) in [5, 5.41) is 9.89. The summed E-state index contributed by atoms with van der Waals surface area (Å²) in [6, 6.07) is 7.49. The molecule has 0 radical (unpaired) electrons. The summed E-state index contributed by atoms with van der Waals surface area (Å²) in [4.78, 5) is 14.0. The molecule has 1 aromatic carbocycles. The number of para-hydroxylation sites is 1. The Bertz CT molecular complexity index is 514. The molecule has 0 saturated carbocycles. The van der Waals surface area contributed by atoms with Crippen LogP contribution < -0.4 is 5.73 Å². The van der Waals surface area contributed by atoms with Crippen molar-refractivity contribution in [3.8, 4) is 0 Å². The minimum Gasteiger partial charge on any atom is -0.480 e. The second-order valence-electron chi connectivity index (χ2n) is 3.76. The molecule has 15 heavy (non-hydrogen) atoms. The number of fused-ring (bicyclic) bond motifs is 1. The van der Waals surface area contributed by atoms with Crippen LogP contribution in [0, 0.1) is 0 Å². The highest BCUT2D eigenvalue weighted by molar-refractivity contribution is 5.91. The van der Waals surface area contributed by atoms with E-state index in [0.717, 1.165) is 10.9 Å².